The van der Waals surface area contributed by atoms with Crippen molar-refractivity contribution in [2.45, 2.75) is 55.9 Å². The van der Waals surface area contributed by atoms with Gasteiger partial charge in [0.1, 0.15) is 17.7 Å². The fourth-order valence-electron chi connectivity index (χ4n) is 6.26. The number of hydrogen-bond acceptors (Lipinski definition) is 5. The number of rotatable bonds is 9. The number of hydrogen-bond donors (Lipinski definition) is 4. The van der Waals surface area contributed by atoms with E-state index in [1.54, 1.807) is 0 Å². The second-order valence-electron chi connectivity index (χ2n) is 11.7. The molecular weight excluding hydrogens is 647 g/mol. The number of carbonyl (C=O) groups excluding carboxylic acids is 1. The average molecular weight is 681 g/mol. The summed E-state index contributed by atoms with van der Waals surface area (Å²) in [4.78, 5) is 25.8. The number of carboxylic acid groups (broad SMARTS) is 1. The van der Waals surface area contributed by atoms with Crippen molar-refractivity contribution in [2.24, 2.45) is 0 Å². The number of amides is 2. The van der Waals surface area contributed by atoms with Crippen LogP contribution >= 0.6 is 0 Å². The van der Waals surface area contributed by atoms with Crippen LogP contribution in [0.25, 0.3) is 0 Å². The second-order valence-corrected chi connectivity index (χ2v) is 13.7. The molecule has 47 heavy (non-hydrogen) atoms. The van der Waals surface area contributed by atoms with Crippen LogP contribution in [-0.4, -0.2) is 66.8 Å². The van der Waals surface area contributed by atoms with Crippen LogP contribution in [0.4, 0.5) is 32.4 Å². The van der Waals surface area contributed by atoms with Gasteiger partial charge in [0.15, 0.2) is 0 Å². The highest BCUT2D eigenvalue weighted by atomic mass is 32.2. The Bertz CT molecular complexity index is 1700. The summed E-state index contributed by atoms with van der Waals surface area (Å²) in [7, 11) is -3.50. The average Bonchev–Trinajstić information content (AvgIpc) is 3.12. The molecule has 0 spiro atoms. The maximum absolute atomic E-state index is 15.3. The minimum atomic E-state index is -4.65. The molecule has 5 atom stereocenters. The summed E-state index contributed by atoms with van der Waals surface area (Å²) in [5.41, 5.74) is -0.539. The van der Waals surface area contributed by atoms with Crippen molar-refractivity contribution in [2.75, 3.05) is 24.2 Å². The van der Waals surface area contributed by atoms with Gasteiger partial charge < -0.3 is 21.1 Å². The maximum atomic E-state index is 15.3. The lowest BCUT2D eigenvalue weighted by atomic mass is 9.84. The largest absolute Gasteiger partial charge is 0.465 e. The Kier molecular flexibility index (Phi) is 10.2. The Morgan fingerprint density at radius 3 is 2.30 bits per heavy atom. The molecule has 2 amide bonds. The lowest BCUT2D eigenvalue weighted by Gasteiger charge is -2.37. The number of sulfonamides is 1. The van der Waals surface area contributed by atoms with E-state index in [0.717, 1.165) is 42.8 Å². The van der Waals surface area contributed by atoms with Gasteiger partial charge in [-0.15, -0.1) is 0 Å². The molecule has 252 valence electrons. The van der Waals surface area contributed by atoms with E-state index in [4.69, 9.17) is 0 Å². The smallest absolute Gasteiger partial charge is 0.416 e. The number of anilines is 1. The van der Waals surface area contributed by atoms with E-state index in [1.807, 2.05) is 0 Å². The molecule has 0 saturated carbocycles. The van der Waals surface area contributed by atoms with Crippen LogP contribution in [0.5, 0.6) is 0 Å². The third-order valence-corrected chi connectivity index (χ3v) is 10.6. The fraction of sp³-hybridized carbons (Fsp3) is 0.375. The lowest BCUT2D eigenvalue weighted by Crippen LogP contribution is -2.57. The molecule has 4 N–H and O–H groups in total. The molecule has 2 fully saturated rings. The third kappa shape index (κ3) is 8.08. The Morgan fingerprint density at radius 2 is 1.66 bits per heavy atom. The number of halogens is 5. The van der Waals surface area contributed by atoms with Gasteiger partial charge in [-0.25, -0.2) is 22.0 Å². The molecule has 2 saturated heterocycles. The van der Waals surface area contributed by atoms with Crippen LogP contribution in [0.2, 0.25) is 0 Å². The fourth-order valence-corrected chi connectivity index (χ4v) is 8.06. The van der Waals surface area contributed by atoms with Gasteiger partial charge >= 0.3 is 12.3 Å². The molecule has 15 heteroatoms. The normalized spacial score (nSPS) is 22.0. The molecule has 9 nitrogen and oxygen atoms in total. The standard InChI is InChI=1S/C32H33F5N4O5S/c33-22-12-8-20(9-13-22)28(19-6-10-21(11-7-19)32(35,36)37)29(40-31(43)44)30(42)39-27-5-1-4-26(34)25(27)15-14-24-17-38-23-3-2-16-47(45,46)41(24)18-23/h1,4-13,23-24,28-29,38,40H,2-3,14-18H2,(H,39,42)(H,43,44)/t23?,24?,28-,29+/m1/s1. The number of alkyl halides is 3. The molecule has 2 heterocycles. The number of nitrogens with zero attached hydrogens (tertiary/aromatic N) is 1. The SMILES string of the molecule is O=C(O)N[C@H](C(=O)Nc1cccc(F)c1CCC1CNC2CCCS(=O)(=O)N1C2)[C@@H](c1ccc(F)cc1)c1ccc(C(F)(F)F)cc1. The summed E-state index contributed by atoms with van der Waals surface area (Å²) in [6.45, 7) is 0.683. The van der Waals surface area contributed by atoms with Crippen molar-refractivity contribution in [3.05, 3.63) is 101 Å². The molecule has 3 aromatic carbocycles. The van der Waals surface area contributed by atoms with Crippen molar-refractivity contribution < 1.29 is 45.1 Å². The zero-order chi connectivity index (χ0) is 33.9. The first-order valence-corrected chi connectivity index (χ1v) is 16.6. The van der Waals surface area contributed by atoms with Crippen molar-refractivity contribution in [3.8, 4) is 0 Å². The van der Waals surface area contributed by atoms with Crippen LogP contribution in [0.1, 0.15) is 47.4 Å². The molecule has 5 rings (SSSR count). The lowest BCUT2D eigenvalue weighted by molar-refractivity contribution is -0.137. The molecular formula is C32H33F5N4O5S. The van der Waals surface area contributed by atoms with Crippen LogP contribution in [0.3, 0.4) is 0 Å². The van der Waals surface area contributed by atoms with Gasteiger partial charge in [-0.05, 0) is 73.2 Å². The van der Waals surface area contributed by atoms with Gasteiger partial charge in [-0.1, -0.05) is 30.3 Å². The van der Waals surface area contributed by atoms with Crippen molar-refractivity contribution >= 4 is 27.7 Å². The number of carbonyl (C=O) groups is 2. The van der Waals surface area contributed by atoms with E-state index in [1.165, 1.54) is 34.6 Å². The predicted octanol–water partition coefficient (Wildman–Crippen LogP) is 5.09. The summed E-state index contributed by atoms with van der Waals surface area (Å²) >= 11 is 0. The third-order valence-electron chi connectivity index (χ3n) is 8.59. The Hall–Kier alpha value is -4.08. The molecule has 3 unspecified atom stereocenters. The zero-order valence-electron chi connectivity index (χ0n) is 24.9. The Balaban J connectivity index is 1.44. The van der Waals surface area contributed by atoms with Gasteiger partial charge in [0.2, 0.25) is 15.9 Å². The highest BCUT2D eigenvalue weighted by Crippen LogP contribution is 2.34. The summed E-state index contributed by atoms with van der Waals surface area (Å²) in [6, 6.07) is 10.4. The van der Waals surface area contributed by atoms with E-state index in [9.17, 15) is 40.7 Å². The Morgan fingerprint density at radius 1 is 1.00 bits per heavy atom. The van der Waals surface area contributed by atoms with E-state index >= 15 is 4.39 Å². The summed E-state index contributed by atoms with van der Waals surface area (Å²) < 4.78 is 96.2. The first-order valence-electron chi connectivity index (χ1n) is 15.0. The quantitative estimate of drug-likeness (QED) is 0.233. The van der Waals surface area contributed by atoms with Crippen LogP contribution < -0.4 is 16.0 Å². The minimum Gasteiger partial charge on any atom is -0.465 e. The highest BCUT2D eigenvalue weighted by molar-refractivity contribution is 7.89. The zero-order valence-corrected chi connectivity index (χ0v) is 25.8. The van der Waals surface area contributed by atoms with E-state index < -0.39 is 63.4 Å². The van der Waals surface area contributed by atoms with E-state index in [2.05, 4.69) is 16.0 Å². The first kappa shape index (κ1) is 34.3. The monoisotopic (exact) mass is 680 g/mol. The molecule has 0 radical (unpaired) electrons. The van der Waals surface area contributed by atoms with Gasteiger partial charge in [0.05, 0.1) is 11.3 Å². The first-order chi connectivity index (χ1) is 22.2. The summed E-state index contributed by atoms with van der Waals surface area (Å²) in [5, 5.41) is 17.7. The summed E-state index contributed by atoms with van der Waals surface area (Å²) in [6.07, 6.45) is -4.76. The van der Waals surface area contributed by atoms with E-state index in [-0.39, 0.29) is 47.0 Å². The van der Waals surface area contributed by atoms with Crippen LogP contribution in [0.15, 0.2) is 66.7 Å². The van der Waals surface area contributed by atoms with Gasteiger partial charge in [0.25, 0.3) is 0 Å². The van der Waals surface area contributed by atoms with Crippen molar-refractivity contribution in [3.63, 3.8) is 0 Å². The Labute approximate surface area is 268 Å². The number of piperazine rings is 1. The molecule has 3 aromatic rings. The van der Waals surface area contributed by atoms with Crippen LogP contribution in [-0.2, 0) is 27.4 Å². The molecule has 0 aromatic heterocycles. The second kappa shape index (κ2) is 14.0. The van der Waals surface area contributed by atoms with Crippen LogP contribution in [0, 0.1) is 11.6 Å². The molecule has 0 aliphatic carbocycles. The number of nitrogens with one attached hydrogen (secondary N) is 3. The predicted molar refractivity (Wildman–Crippen MR) is 163 cm³/mol. The number of benzene rings is 3. The number of fused-ring (bicyclic) bond motifs is 2. The molecule has 2 bridgehead atoms. The van der Waals surface area contributed by atoms with Gasteiger partial charge in [-0.2, -0.15) is 17.5 Å². The topological polar surface area (TPSA) is 128 Å². The van der Waals surface area contributed by atoms with Gasteiger partial charge in [0, 0.05) is 42.3 Å². The van der Waals surface area contributed by atoms with Crippen molar-refractivity contribution in [1.29, 1.82) is 0 Å². The highest BCUT2D eigenvalue weighted by Gasteiger charge is 2.38. The van der Waals surface area contributed by atoms with E-state index in [0.29, 0.717) is 19.5 Å². The minimum absolute atomic E-state index is 0.0119. The summed E-state index contributed by atoms with van der Waals surface area (Å²) in [5.74, 6) is -3.46. The van der Waals surface area contributed by atoms with Gasteiger partial charge in [-0.3, -0.25) is 4.79 Å². The molecule has 2 aliphatic heterocycles. The molecule has 2 aliphatic rings. The van der Waals surface area contributed by atoms with Crippen molar-refractivity contribution in [1.82, 2.24) is 14.9 Å². The maximum Gasteiger partial charge on any atom is 0.416 e.